The molecule has 0 bridgehead atoms. The van der Waals surface area contributed by atoms with Crippen LogP contribution in [0.3, 0.4) is 0 Å². The maximum absolute atomic E-state index is 9.10. The quantitative estimate of drug-likeness (QED) is 0.277. The van der Waals surface area contributed by atoms with Crippen molar-refractivity contribution in [1.82, 2.24) is 0 Å². The first-order valence-electron chi connectivity index (χ1n) is 8.04. The van der Waals surface area contributed by atoms with Crippen molar-refractivity contribution in [2.75, 3.05) is 0 Å². The van der Waals surface area contributed by atoms with E-state index in [2.05, 4.69) is 13.8 Å². The average molecular weight is 987 g/mol. The fraction of sp³-hybridized carbons (Fsp3) is 0.750. The van der Waals surface area contributed by atoms with Crippen LogP contribution in [0.25, 0.3) is 11.5 Å². The minimum Gasteiger partial charge on any atom is 0 e. The Balaban J connectivity index is -0.0000000464. The minimum atomic E-state index is -1.82. The Labute approximate surface area is 261 Å². The summed E-state index contributed by atoms with van der Waals surface area (Å²) in [6.07, 6.45) is 9.60. The van der Waals surface area contributed by atoms with Gasteiger partial charge in [-0.2, -0.15) is 23.9 Å². The van der Waals surface area contributed by atoms with Gasteiger partial charge in [-0.15, -0.1) is 0 Å². The van der Waals surface area contributed by atoms with Gasteiger partial charge in [0.15, 0.2) is 0 Å². The zero-order chi connectivity index (χ0) is 19.8. The van der Waals surface area contributed by atoms with Crippen molar-refractivity contribution in [2.24, 2.45) is 11.8 Å². The van der Waals surface area contributed by atoms with Gasteiger partial charge in [0.25, 0.3) is 0 Å². The third kappa shape index (κ3) is 33.1. The molecule has 2 radical (unpaired) electrons. The zero-order valence-corrected chi connectivity index (χ0v) is 28.4. The van der Waals surface area contributed by atoms with E-state index in [0.717, 1.165) is 12.8 Å². The van der Waals surface area contributed by atoms with E-state index in [1.807, 2.05) is 0 Å². The third-order valence-corrected chi connectivity index (χ3v) is 4.00. The summed E-state index contributed by atoms with van der Waals surface area (Å²) in [6, 6.07) is 0.285. The molecule has 0 spiro atoms. The van der Waals surface area contributed by atoms with Crippen LogP contribution in [0.2, 0.25) is 0 Å². The van der Waals surface area contributed by atoms with E-state index in [9.17, 15) is 0 Å². The van der Waals surface area contributed by atoms with Gasteiger partial charge in [0, 0.05) is 65.4 Å². The van der Waals surface area contributed by atoms with Crippen molar-refractivity contribution in [3.8, 4) is 0 Å². The molecule has 0 aliphatic heterocycles. The summed E-state index contributed by atoms with van der Waals surface area (Å²) in [5.74, 6) is -2.81. The first-order valence-corrected chi connectivity index (χ1v) is 13.7. The molecule has 2 rings (SSSR count). The molecule has 0 aromatic heterocycles. The minimum absolute atomic E-state index is 0. The van der Waals surface area contributed by atoms with Gasteiger partial charge < -0.3 is 46.5 Å². The van der Waals surface area contributed by atoms with Crippen LogP contribution in [-0.2, 0) is 113 Å². The van der Waals surface area contributed by atoms with Crippen molar-refractivity contribution in [1.29, 1.82) is 0 Å². The molecule has 2 aliphatic rings. The molecule has 2 fully saturated rings. The van der Waals surface area contributed by atoms with Crippen LogP contribution in [-0.4, -0.2) is 45.2 Å². The first-order chi connectivity index (χ1) is 11.7. The molecule has 0 aromatic rings. The third-order valence-electron chi connectivity index (χ3n) is 4.00. The molecule has 0 aromatic carbocycles. The van der Waals surface area contributed by atoms with Gasteiger partial charge in [0.2, 0.25) is 0 Å². The summed E-state index contributed by atoms with van der Waals surface area (Å²) in [4.78, 5) is 18.2. The van der Waals surface area contributed by atoms with E-state index in [0.29, 0.717) is 11.8 Å². The van der Waals surface area contributed by atoms with Gasteiger partial charge in [-0.1, -0.05) is 51.4 Å². The Bertz CT molecular complexity index is 333. The van der Waals surface area contributed by atoms with E-state index in [4.69, 9.17) is 50.1 Å². The number of hydrogen-bond donors (Lipinski definition) is 2. The molecule has 8 nitrogen and oxygen atoms in total. The van der Waals surface area contributed by atoms with Crippen LogP contribution in [0.5, 0.6) is 0 Å². The molecule has 0 amide bonds. The summed E-state index contributed by atoms with van der Waals surface area (Å²) < 4.78 is 0. The van der Waals surface area contributed by atoms with Crippen LogP contribution in [0, 0.1) is 25.7 Å². The van der Waals surface area contributed by atoms with Gasteiger partial charge in [-0.25, -0.2) is 9.59 Å². The molecule has 4 unspecified atom stereocenters. The van der Waals surface area contributed by atoms with Gasteiger partial charge in [-0.3, -0.25) is 0 Å². The molecule has 14 heteroatoms. The Morgan fingerprint density at radius 3 is 1.07 bits per heavy atom. The second-order valence-electron chi connectivity index (χ2n) is 5.96. The zero-order valence-electron chi connectivity index (χ0n) is 16.6. The summed E-state index contributed by atoms with van der Waals surface area (Å²) in [5.41, 5.74) is 14.8. The summed E-state index contributed by atoms with van der Waals surface area (Å²) >= 11 is -0.472. The number of aliphatic carboxylic acids is 2. The van der Waals surface area contributed by atoms with Gasteiger partial charge in [-0.05, 0) is 0 Å². The van der Waals surface area contributed by atoms with Crippen LogP contribution in [0.15, 0.2) is 0 Å². The Morgan fingerprint density at radius 1 is 0.767 bits per heavy atom. The predicted molar refractivity (Wildman–Crippen MR) is 105 cm³/mol. The molecule has 0 heterocycles. The maximum Gasteiger partial charge on any atom is 2.00 e. The second-order valence-corrected chi connectivity index (χ2v) is 9.24. The largest absolute Gasteiger partial charge is 2.00 e. The van der Waals surface area contributed by atoms with Crippen molar-refractivity contribution >= 4 is 30.8 Å². The normalized spacial score (nSPS) is 23.4. The van der Waals surface area contributed by atoms with Crippen LogP contribution >= 0.6 is 18.8 Å². The number of halogens is 2. The van der Waals surface area contributed by atoms with Gasteiger partial charge in [0.05, 0.1) is 0 Å². The molecule has 4 atom stereocenters. The van der Waals surface area contributed by atoms with Crippen molar-refractivity contribution in [3.05, 3.63) is 25.3 Å². The summed E-state index contributed by atoms with van der Waals surface area (Å²) in [5, 5.41) is 14.8. The van der Waals surface area contributed by atoms with E-state index < -0.39 is 28.4 Å². The molecule has 182 valence electrons. The second kappa shape index (κ2) is 34.1. The Hall–Kier alpha value is 2.94. The van der Waals surface area contributed by atoms with Gasteiger partial charge in [0.1, 0.15) is 0 Å². The van der Waals surface area contributed by atoms with Crippen molar-refractivity contribution in [2.45, 2.75) is 63.5 Å². The predicted octanol–water partition coefficient (Wildman–Crippen LogP) is 3.74. The fourth-order valence-electron chi connectivity index (χ4n) is 2.42. The molecule has 8 N–H and O–H groups in total. The standard InChI is InChI=1S/2C7H13N.C2H2O4.2ClH.2H2O.2Pt.2Y/c2*1-6-4-2-3-5-7(6)8;3-1(4)2(5)6;;;;;;;;/h2*6-8H,1-5H2;(H,3,4)(H,5,6);2*1H;2*1H2;;;;/q2*-2;;;;;;+2;+4;;/p-2. The topological polar surface area (TPSA) is 185 Å². The van der Waals surface area contributed by atoms with Crippen molar-refractivity contribution in [3.63, 3.8) is 0 Å². The van der Waals surface area contributed by atoms with Gasteiger partial charge >= 0.3 is 68.3 Å². The van der Waals surface area contributed by atoms with Crippen LogP contribution < -0.4 is 0 Å². The Kier molecular flexibility index (Phi) is 56.8. The number of hydrogen-bond acceptors (Lipinski definition) is 2. The molecular weight excluding hydrogens is 955 g/mol. The van der Waals surface area contributed by atoms with E-state index in [1.165, 1.54) is 38.5 Å². The molecule has 0 saturated heterocycles. The monoisotopic (exact) mass is 986 g/mol. The van der Waals surface area contributed by atoms with Crippen molar-refractivity contribution < 1.29 is 134 Å². The molecule has 2 saturated carbocycles. The Morgan fingerprint density at radius 2 is 0.967 bits per heavy atom. The summed E-state index contributed by atoms with van der Waals surface area (Å²) in [7, 11) is 9.75. The van der Waals surface area contributed by atoms with Crippen LogP contribution in [0.4, 0.5) is 0 Å². The molecule has 30 heavy (non-hydrogen) atoms. The molecule has 2 aliphatic carbocycles. The smallest absolute Gasteiger partial charge is 0 e. The number of nitrogens with one attached hydrogen (secondary N) is 2. The van der Waals surface area contributed by atoms with E-state index >= 15 is 0 Å². The summed E-state index contributed by atoms with van der Waals surface area (Å²) in [6.45, 7) is 7.78. The average Bonchev–Trinajstić information content (AvgIpc) is 2.55. The first kappa shape index (κ1) is 49.9. The van der Waals surface area contributed by atoms with E-state index in [-0.39, 0.29) is 110 Å². The molecular formula is C16H32Cl2N2O6Pt2Y2. The number of rotatable bonds is 0. The number of carbonyl (C=O) groups is 2. The van der Waals surface area contributed by atoms with E-state index in [1.54, 1.807) is 0 Å². The fourth-order valence-corrected chi connectivity index (χ4v) is 2.42. The SMILES string of the molecule is O.O.O=C(O)C(=O)O.[CH2-]C1CCCCC1[NH-].[CH2-]C1CCCCC1[NH-].[Cl][Pt+2][Cl].[Pt+2].[Y].[Y]. The van der Waals surface area contributed by atoms with Crippen LogP contribution in [0.1, 0.15) is 51.4 Å². The maximum atomic E-state index is 9.10. The number of carboxylic acids is 2. The number of carboxylic acid groups (broad SMARTS) is 2.